The van der Waals surface area contributed by atoms with Gasteiger partial charge in [0.15, 0.2) is 17.7 Å². The number of ether oxygens (including phenoxy) is 4. The number of rotatable bonds is 12. The number of benzene rings is 3. The fourth-order valence-electron chi connectivity index (χ4n) is 5.14. The van der Waals surface area contributed by atoms with Crippen molar-refractivity contribution in [2.45, 2.75) is 57.4 Å². The van der Waals surface area contributed by atoms with Crippen LogP contribution < -0.4 is 0 Å². The Labute approximate surface area is 231 Å². The van der Waals surface area contributed by atoms with Crippen molar-refractivity contribution < 1.29 is 23.3 Å². The molecule has 206 valence electrons. The monoisotopic (exact) mass is 531 g/mol. The maximum absolute atomic E-state index is 15.9. The molecule has 0 amide bonds. The zero-order valence-electron chi connectivity index (χ0n) is 22.4. The van der Waals surface area contributed by atoms with Crippen LogP contribution in [0.5, 0.6) is 0 Å². The zero-order chi connectivity index (χ0) is 26.7. The van der Waals surface area contributed by atoms with Gasteiger partial charge in [-0.05, 0) is 42.6 Å². The van der Waals surface area contributed by atoms with Crippen molar-refractivity contribution in [1.82, 2.24) is 4.90 Å². The molecule has 2 fully saturated rings. The van der Waals surface area contributed by atoms with Gasteiger partial charge in [0, 0.05) is 0 Å². The van der Waals surface area contributed by atoms with Crippen LogP contribution in [0.2, 0.25) is 0 Å². The molecular formula is C33H38FNO4. The minimum atomic E-state index is -0.677. The number of nitrogens with zero attached hydrogens (tertiary/aromatic N) is 1. The van der Waals surface area contributed by atoms with Crippen molar-refractivity contribution in [3.8, 4) is 0 Å². The molecular weight excluding hydrogens is 493 g/mol. The largest absolute Gasteiger partial charge is 0.484 e. The fraction of sp³-hybridized carbons (Fsp3) is 0.394. The van der Waals surface area contributed by atoms with E-state index in [-0.39, 0.29) is 24.7 Å². The molecule has 0 saturated carbocycles. The van der Waals surface area contributed by atoms with Gasteiger partial charge in [0.05, 0.1) is 33.0 Å². The maximum atomic E-state index is 15.9. The van der Waals surface area contributed by atoms with E-state index in [9.17, 15) is 0 Å². The predicted molar refractivity (Wildman–Crippen MR) is 149 cm³/mol. The van der Waals surface area contributed by atoms with Crippen LogP contribution in [0.3, 0.4) is 0 Å². The van der Waals surface area contributed by atoms with Gasteiger partial charge in [0.25, 0.3) is 0 Å². The van der Waals surface area contributed by atoms with Crippen molar-refractivity contribution in [2.75, 3.05) is 26.2 Å². The molecule has 2 aliphatic rings. The molecule has 3 aromatic carbocycles. The zero-order valence-corrected chi connectivity index (χ0v) is 22.4. The van der Waals surface area contributed by atoms with Crippen LogP contribution in [0.1, 0.15) is 36.0 Å². The average molecular weight is 532 g/mol. The van der Waals surface area contributed by atoms with Crippen LogP contribution in [0, 0.1) is 0 Å². The first kappa shape index (κ1) is 27.5. The molecule has 0 aliphatic carbocycles. The van der Waals surface area contributed by atoms with Gasteiger partial charge in [-0.15, -0.1) is 0 Å². The summed E-state index contributed by atoms with van der Waals surface area (Å²) < 4.78 is 41.1. The van der Waals surface area contributed by atoms with Gasteiger partial charge in [-0.25, -0.2) is 4.39 Å². The van der Waals surface area contributed by atoms with Crippen molar-refractivity contribution in [1.29, 1.82) is 0 Å². The highest BCUT2D eigenvalue weighted by Gasteiger charge is 2.46. The lowest BCUT2D eigenvalue weighted by molar-refractivity contribution is -0.0894. The molecule has 0 radical (unpaired) electrons. The third kappa shape index (κ3) is 7.99. The molecule has 0 aromatic heterocycles. The molecule has 5 rings (SSSR count). The number of hydrogen-bond donors (Lipinski definition) is 0. The van der Waals surface area contributed by atoms with Gasteiger partial charge in [0.2, 0.25) is 0 Å². The molecule has 2 aliphatic heterocycles. The second-order valence-corrected chi connectivity index (χ2v) is 10.2. The summed E-state index contributed by atoms with van der Waals surface area (Å²) in [6.45, 7) is 3.43. The van der Waals surface area contributed by atoms with Gasteiger partial charge < -0.3 is 18.9 Å². The summed E-state index contributed by atoms with van der Waals surface area (Å²) in [5.41, 5.74) is 3.12. The summed E-state index contributed by atoms with van der Waals surface area (Å²) in [6.07, 6.45) is 1.69. The van der Waals surface area contributed by atoms with E-state index in [1.807, 2.05) is 91.0 Å². The summed E-state index contributed by atoms with van der Waals surface area (Å²) in [6, 6.07) is 29.9. The van der Waals surface area contributed by atoms with Gasteiger partial charge in [-0.3, -0.25) is 4.90 Å². The van der Waals surface area contributed by atoms with Gasteiger partial charge >= 0.3 is 0 Å². The van der Waals surface area contributed by atoms with E-state index in [0.29, 0.717) is 19.8 Å². The van der Waals surface area contributed by atoms with Crippen molar-refractivity contribution in [3.05, 3.63) is 119 Å². The first-order valence-electron chi connectivity index (χ1n) is 14.0. The molecule has 2 heterocycles. The van der Waals surface area contributed by atoms with E-state index >= 15 is 4.39 Å². The molecule has 3 atom stereocenters. The summed E-state index contributed by atoms with van der Waals surface area (Å²) in [7, 11) is 0. The molecule has 0 bridgehead atoms. The standard InChI is InChI=1S/C33H38FNO4/c34-29(21-35-19-11-4-12-20-35)31-33(38-24-28-17-9-3-10-18-28)32(37-23-27-15-7-2-8-16-27)30(39-31)25-36-22-26-13-5-1-6-14-26/h1-3,5-10,13-18,30,32-33H,4,11-12,19-25H2/b31-29-/t30-,32-,33-/m1/s1. The van der Waals surface area contributed by atoms with E-state index in [1.165, 1.54) is 6.42 Å². The highest BCUT2D eigenvalue weighted by molar-refractivity contribution is 5.20. The lowest BCUT2D eigenvalue weighted by Crippen LogP contribution is -2.37. The molecule has 0 unspecified atom stereocenters. The first-order valence-corrected chi connectivity index (χ1v) is 14.0. The molecule has 6 heteroatoms. The first-order chi connectivity index (χ1) is 19.3. The van der Waals surface area contributed by atoms with Gasteiger partial charge in [-0.1, -0.05) is 97.4 Å². The average Bonchev–Trinajstić information content (AvgIpc) is 3.34. The van der Waals surface area contributed by atoms with Gasteiger partial charge in [-0.2, -0.15) is 0 Å². The SMILES string of the molecule is F/C(CN1CCCCC1)=C1\O[C@H](COCc2ccccc2)[C@@H](OCc2ccccc2)[C@@H]1OCc1ccccc1. The molecule has 0 N–H and O–H groups in total. The molecule has 2 saturated heterocycles. The quantitative estimate of drug-likeness (QED) is 0.269. The van der Waals surface area contributed by atoms with Crippen LogP contribution in [-0.4, -0.2) is 49.5 Å². The van der Waals surface area contributed by atoms with Crippen molar-refractivity contribution >= 4 is 0 Å². The third-order valence-corrected chi connectivity index (χ3v) is 7.23. The Morgan fingerprint density at radius 1 is 0.718 bits per heavy atom. The minimum absolute atomic E-state index is 0.226. The van der Waals surface area contributed by atoms with Crippen LogP contribution in [0.25, 0.3) is 0 Å². The predicted octanol–water partition coefficient (Wildman–Crippen LogP) is 6.44. The Morgan fingerprint density at radius 2 is 1.26 bits per heavy atom. The second-order valence-electron chi connectivity index (χ2n) is 10.2. The Balaban J connectivity index is 1.36. The topological polar surface area (TPSA) is 40.2 Å². The maximum Gasteiger partial charge on any atom is 0.161 e. The number of piperidine rings is 1. The number of halogens is 1. The Hall–Kier alpha value is -3.03. The highest BCUT2D eigenvalue weighted by atomic mass is 19.1. The van der Waals surface area contributed by atoms with Crippen molar-refractivity contribution in [3.63, 3.8) is 0 Å². The van der Waals surface area contributed by atoms with Crippen molar-refractivity contribution in [2.24, 2.45) is 0 Å². The number of likely N-dealkylation sites (tertiary alicyclic amines) is 1. The van der Waals surface area contributed by atoms with Crippen LogP contribution in [0.15, 0.2) is 103 Å². The van der Waals surface area contributed by atoms with E-state index in [1.54, 1.807) is 0 Å². The summed E-state index contributed by atoms with van der Waals surface area (Å²) in [4.78, 5) is 2.16. The summed E-state index contributed by atoms with van der Waals surface area (Å²) >= 11 is 0. The lowest BCUT2D eigenvalue weighted by Gasteiger charge is -2.26. The molecule has 0 spiro atoms. The Bertz CT molecular complexity index is 1150. The third-order valence-electron chi connectivity index (χ3n) is 7.23. The highest BCUT2D eigenvalue weighted by Crippen LogP contribution is 2.34. The van der Waals surface area contributed by atoms with E-state index in [4.69, 9.17) is 18.9 Å². The number of hydrogen-bond acceptors (Lipinski definition) is 5. The van der Waals surface area contributed by atoms with Crippen LogP contribution in [0.4, 0.5) is 4.39 Å². The smallest absolute Gasteiger partial charge is 0.161 e. The van der Waals surface area contributed by atoms with Crippen LogP contribution in [-0.2, 0) is 38.8 Å². The summed E-state index contributed by atoms with van der Waals surface area (Å²) in [5.74, 6) is -0.0447. The normalized spacial score (nSPS) is 22.9. The van der Waals surface area contributed by atoms with E-state index in [0.717, 1.165) is 42.6 Å². The molecule has 5 nitrogen and oxygen atoms in total. The molecule has 39 heavy (non-hydrogen) atoms. The van der Waals surface area contributed by atoms with Gasteiger partial charge in [0.1, 0.15) is 12.2 Å². The van der Waals surface area contributed by atoms with E-state index < -0.39 is 18.3 Å². The van der Waals surface area contributed by atoms with Crippen LogP contribution >= 0.6 is 0 Å². The minimum Gasteiger partial charge on any atom is -0.484 e. The fourth-order valence-corrected chi connectivity index (χ4v) is 5.14. The second kappa shape index (κ2) is 14.4. The lowest BCUT2D eigenvalue weighted by atomic mass is 10.1. The molecule has 3 aromatic rings. The summed E-state index contributed by atoms with van der Waals surface area (Å²) in [5, 5.41) is 0. The van der Waals surface area contributed by atoms with E-state index in [2.05, 4.69) is 4.90 Å². The Morgan fingerprint density at radius 3 is 1.85 bits per heavy atom. The Kier molecular flexibility index (Phi) is 10.2.